The van der Waals surface area contributed by atoms with Gasteiger partial charge in [0, 0.05) is 37.3 Å². The number of Topliss-reactive ketones (excluding diaryl/α,β-unsaturated/α-hetero) is 1. The fraction of sp³-hybridized carbons (Fsp3) is 0.269. The molecule has 4 heterocycles. The molecular weight excluding hydrogens is 514 g/mol. The molecule has 202 valence electrons. The number of rotatable bonds is 8. The van der Waals surface area contributed by atoms with Crippen molar-refractivity contribution in [3.63, 3.8) is 0 Å². The Bertz CT molecular complexity index is 1570. The largest absolute Gasteiger partial charge is 0.494 e. The van der Waals surface area contributed by atoms with E-state index in [9.17, 15) is 9.59 Å². The number of halogens is 2. The summed E-state index contributed by atoms with van der Waals surface area (Å²) >= 11 is 0. The second kappa shape index (κ2) is 10.2. The van der Waals surface area contributed by atoms with E-state index >= 15 is 8.78 Å². The zero-order valence-corrected chi connectivity index (χ0v) is 21.1. The molecule has 0 aliphatic carbocycles. The zero-order chi connectivity index (χ0) is 27.8. The normalized spacial score (nSPS) is 15.1. The molecule has 2 N–H and O–H groups in total. The minimum Gasteiger partial charge on any atom is -0.494 e. The van der Waals surface area contributed by atoms with Crippen LogP contribution in [0.25, 0.3) is 22.4 Å². The lowest BCUT2D eigenvalue weighted by Gasteiger charge is -2.16. The molecule has 0 radical (unpaired) electrons. The number of nitrogen functional groups attached to an aromatic ring is 1. The number of oxazole rings is 1. The van der Waals surface area contributed by atoms with Crippen molar-refractivity contribution in [2.45, 2.75) is 18.9 Å². The number of hydrogen-bond acceptors (Lipinski definition) is 9. The van der Waals surface area contributed by atoms with Crippen LogP contribution in [0.15, 0.2) is 41.8 Å². The van der Waals surface area contributed by atoms with Crippen LogP contribution in [-0.4, -0.2) is 63.6 Å². The number of aromatic nitrogens is 4. The second-order valence-corrected chi connectivity index (χ2v) is 8.83. The number of pyridine rings is 1. The van der Waals surface area contributed by atoms with Gasteiger partial charge in [0.05, 0.1) is 42.9 Å². The Morgan fingerprint density at radius 1 is 1.23 bits per heavy atom. The quantitative estimate of drug-likeness (QED) is 0.264. The summed E-state index contributed by atoms with van der Waals surface area (Å²) in [6.07, 6.45) is 5.32. The van der Waals surface area contributed by atoms with Gasteiger partial charge in [-0.1, -0.05) is 6.58 Å². The first kappa shape index (κ1) is 25.8. The number of hydrogen-bond donors (Lipinski definition) is 1. The fourth-order valence-electron chi connectivity index (χ4n) is 4.77. The van der Waals surface area contributed by atoms with E-state index in [1.807, 2.05) is 0 Å². The Balaban J connectivity index is 1.66. The molecule has 1 atom stereocenters. The monoisotopic (exact) mass is 538 g/mol. The predicted molar refractivity (Wildman–Crippen MR) is 135 cm³/mol. The van der Waals surface area contributed by atoms with E-state index < -0.39 is 29.4 Å². The smallest absolute Gasteiger partial charge is 0.246 e. The van der Waals surface area contributed by atoms with E-state index in [-0.39, 0.29) is 46.2 Å². The summed E-state index contributed by atoms with van der Waals surface area (Å²) in [4.78, 5) is 35.9. The van der Waals surface area contributed by atoms with Gasteiger partial charge in [-0.05, 0) is 12.5 Å². The molecule has 1 aliphatic heterocycles. The Kier molecular flexibility index (Phi) is 6.73. The van der Waals surface area contributed by atoms with Gasteiger partial charge in [0.15, 0.2) is 28.9 Å². The van der Waals surface area contributed by atoms with Crippen molar-refractivity contribution in [3.05, 3.63) is 60.3 Å². The highest BCUT2D eigenvalue weighted by molar-refractivity contribution is 6.12. The SMILES string of the molecule is C=CC(=O)N1CC[C@H](n2nc(C(=O)Cc3c(F)c(OC)cc(OC)c3F)c3c(N)ncc(-c4ncco4)c32)C1. The minimum absolute atomic E-state index is 0.0175. The molecule has 1 saturated heterocycles. The molecule has 0 saturated carbocycles. The Labute approximate surface area is 220 Å². The summed E-state index contributed by atoms with van der Waals surface area (Å²) in [5.74, 6) is -3.40. The first-order chi connectivity index (χ1) is 18.8. The van der Waals surface area contributed by atoms with Crippen LogP contribution in [0, 0.1) is 11.6 Å². The Morgan fingerprint density at radius 3 is 2.56 bits per heavy atom. The van der Waals surface area contributed by atoms with Crippen LogP contribution in [0.2, 0.25) is 0 Å². The maximum absolute atomic E-state index is 15.1. The highest BCUT2D eigenvalue weighted by atomic mass is 19.1. The highest BCUT2D eigenvalue weighted by Gasteiger charge is 2.33. The minimum atomic E-state index is -1.03. The van der Waals surface area contributed by atoms with Crippen LogP contribution in [0.3, 0.4) is 0 Å². The summed E-state index contributed by atoms with van der Waals surface area (Å²) in [6.45, 7) is 4.27. The second-order valence-electron chi connectivity index (χ2n) is 8.83. The maximum atomic E-state index is 15.1. The van der Waals surface area contributed by atoms with Gasteiger partial charge >= 0.3 is 0 Å². The van der Waals surface area contributed by atoms with Crippen molar-refractivity contribution in [1.82, 2.24) is 24.6 Å². The van der Waals surface area contributed by atoms with Gasteiger partial charge in [-0.3, -0.25) is 14.3 Å². The van der Waals surface area contributed by atoms with Crippen LogP contribution in [0.5, 0.6) is 11.5 Å². The van der Waals surface area contributed by atoms with E-state index in [1.165, 1.54) is 39.0 Å². The number of ketones is 1. The summed E-state index contributed by atoms with van der Waals surface area (Å²) in [5.41, 5.74) is 6.36. The van der Waals surface area contributed by atoms with Crippen LogP contribution in [0.4, 0.5) is 14.6 Å². The number of fused-ring (bicyclic) bond motifs is 1. The molecule has 5 rings (SSSR count). The molecule has 1 aliphatic rings. The summed E-state index contributed by atoms with van der Waals surface area (Å²) in [6, 6.07) is 0.711. The molecular formula is C26H24F2N6O5. The number of benzene rings is 1. The third-order valence-corrected chi connectivity index (χ3v) is 6.68. The molecule has 3 aromatic heterocycles. The summed E-state index contributed by atoms with van der Waals surface area (Å²) in [7, 11) is 2.43. The molecule has 0 unspecified atom stereocenters. The van der Waals surface area contributed by atoms with Gasteiger partial charge in [-0.2, -0.15) is 5.10 Å². The van der Waals surface area contributed by atoms with Gasteiger partial charge in [0.2, 0.25) is 11.8 Å². The molecule has 11 nitrogen and oxygen atoms in total. The van der Waals surface area contributed by atoms with Crippen LogP contribution >= 0.6 is 0 Å². The zero-order valence-electron chi connectivity index (χ0n) is 21.1. The fourth-order valence-corrected chi connectivity index (χ4v) is 4.77. The van der Waals surface area contributed by atoms with E-state index in [0.717, 1.165) is 6.07 Å². The van der Waals surface area contributed by atoms with E-state index in [4.69, 9.17) is 19.6 Å². The van der Waals surface area contributed by atoms with Crippen molar-refractivity contribution >= 4 is 28.4 Å². The molecule has 1 amide bonds. The number of carbonyl (C=O) groups is 2. The molecule has 39 heavy (non-hydrogen) atoms. The number of methoxy groups -OCH3 is 2. The van der Waals surface area contributed by atoms with Crippen molar-refractivity contribution in [1.29, 1.82) is 0 Å². The van der Waals surface area contributed by atoms with E-state index in [0.29, 0.717) is 30.6 Å². The van der Waals surface area contributed by atoms with Crippen molar-refractivity contribution in [2.75, 3.05) is 33.0 Å². The molecule has 1 fully saturated rings. The Hall–Kier alpha value is -4.81. The first-order valence-corrected chi connectivity index (χ1v) is 11.9. The number of amides is 1. The highest BCUT2D eigenvalue weighted by Crippen LogP contribution is 2.37. The lowest BCUT2D eigenvalue weighted by Crippen LogP contribution is -2.27. The number of carbonyl (C=O) groups excluding carboxylic acids is 2. The van der Waals surface area contributed by atoms with E-state index in [1.54, 1.807) is 9.58 Å². The van der Waals surface area contributed by atoms with Crippen molar-refractivity contribution < 1.29 is 32.3 Å². The number of anilines is 1. The molecule has 0 spiro atoms. The van der Waals surface area contributed by atoms with E-state index in [2.05, 4.69) is 21.6 Å². The molecule has 13 heteroatoms. The molecule has 0 bridgehead atoms. The van der Waals surface area contributed by atoms with Gasteiger partial charge in [0.25, 0.3) is 0 Å². The first-order valence-electron chi connectivity index (χ1n) is 11.9. The number of nitrogens with zero attached hydrogens (tertiary/aromatic N) is 5. The summed E-state index contributed by atoms with van der Waals surface area (Å²) in [5, 5.41) is 4.75. The standard InChI is InChI=1S/C26H24F2N6O5/c1-4-19(36)33-7-5-13(12-33)34-24-15(26-30-6-8-39-26)11-31-25(29)20(24)23(32-34)16(35)9-14-21(27)17(37-2)10-18(38-3)22(14)28/h4,6,8,10-11,13H,1,5,7,9,12H2,2-3H3,(H2,29,31)/t13-/m0/s1. The summed E-state index contributed by atoms with van der Waals surface area (Å²) < 4.78 is 47.2. The topological polar surface area (TPSA) is 139 Å². The van der Waals surface area contributed by atoms with Crippen LogP contribution < -0.4 is 15.2 Å². The number of likely N-dealkylation sites (tertiary alicyclic amines) is 1. The molecule has 1 aromatic carbocycles. The van der Waals surface area contributed by atoms with Crippen LogP contribution in [0.1, 0.15) is 28.5 Å². The predicted octanol–water partition coefficient (Wildman–Crippen LogP) is 3.35. The Morgan fingerprint density at radius 2 is 1.95 bits per heavy atom. The number of nitrogens with two attached hydrogens (primary N) is 1. The van der Waals surface area contributed by atoms with Gasteiger partial charge < -0.3 is 24.5 Å². The maximum Gasteiger partial charge on any atom is 0.246 e. The van der Waals surface area contributed by atoms with Crippen molar-refractivity contribution in [2.24, 2.45) is 0 Å². The van der Waals surface area contributed by atoms with Gasteiger partial charge in [-0.25, -0.2) is 18.7 Å². The average Bonchev–Trinajstić information content (AvgIpc) is 3.71. The third kappa shape index (κ3) is 4.35. The lowest BCUT2D eigenvalue weighted by molar-refractivity contribution is -0.125. The van der Waals surface area contributed by atoms with Crippen molar-refractivity contribution in [3.8, 4) is 23.0 Å². The molecule has 4 aromatic rings. The average molecular weight is 539 g/mol. The number of ether oxygens (including phenoxy) is 2. The van der Waals surface area contributed by atoms with Gasteiger partial charge in [0.1, 0.15) is 17.8 Å². The third-order valence-electron chi connectivity index (χ3n) is 6.68. The van der Waals surface area contributed by atoms with Gasteiger partial charge in [-0.15, -0.1) is 0 Å². The lowest BCUT2D eigenvalue weighted by atomic mass is 10.0. The van der Waals surface area contributed by atoms with Crippen LogP contribution in [-0.2, 0) is 11.2 Å².